The molecule has 2 N–H and O–H groups in total. The number of aryl methyl sites for hydroxylation is 2. The number of aromatic amines is 1. The molecule has 0 saturated carbocycles. The van der Waals surface area contributed by atoms with Gasteiger partial charge in [0, 0.05) is 16.6 Å². The third-order valence-electron chi connectivity index (χ3n) is 4.17. The molecule has 0 bridgehead atoms. The molecule has 3 heteroatoms. The van der Waals surface area contributed by atoms with Crippen LogP contribution in [-0.4, -0.2) is 16.1 Å². The van der Waals surface area contributed by atoms with Crippen LogP contribution < -0.4 is 0 Å². The van der Waals surface area contributed by atoms with Gasteiger partial charge >= 0.3 is 5.97 Å². The van der Waals surface area contributed by atoms with Crippen LogP contribution in [-0.2, 0) is 17.6 Å². The predicted octanol–water partition coefficient (Wildman–Crippen LogP) is 3.62. The minimum absolute atomic E-state index is 0.0658. The summed E-state index contributed by atoms with van der Waals surface area (Å²) in [5, 5.41) is 10.2. The van der Waals surface area contributed by atoms with Crippen LogP contribution >= 0.6 is 0 Å². The number of fused-ring (bicyclic) bond motifs is 3. The van der Waals surface area contributed by atoms with Gasteiger partial charge in [0.25, 0.3) is 0 Å². The van der Waals surface area contributed by atoms with Crippen LogP contribution in [0.3, 0.4) is 0 Å². The first kappa shape index (κ1) is 12.3. The molecule has 1 aromatic heterocycles. The van der Waals surface area contributed by atoms with Crippen molar-refractivity contribution in [3.63, 3.8) is 0 Å². The summed E-state index contributed by atoms with van der Waals surface area (Å²) in [6, 6.07) is 6.34. The highest BCUT2D eigenvalue weighted by Crippen LogP contribution is 2.31. The van der Waals surface area contributed by atoms with Crippen LogP contribution in [0.1, 0.15) is 48.9 Å². The molecule has 100 valence electrons. The van der Waals surface area contributed by atoms with E-state index < -0.39 is 5.97 Å². The summed E-state index contributed by atoms with van der Waals surface area (Å²) in [6.45, 7) is 1.98. The second-order valence-corrected chi connectivity index (χ2v) is 5.59. The standard InChI is InChI=1S/C16H19NO2/c1-10(8-16(18)19)11-6-7-15-13(9-11)12-4-2-3-5-14(12)17-15/h6-7,9-10,17H,2-5,8H2,1H3,(H,18,19). The van der Waals surface area contributed by atoms with Crippen LogP contribution in [0.4, 0.5) is 0 Å². The number of hydrogen-bond acceptors (Lipinski definition) is 1. The number of carbonyl (C=O) groups is 1. The fourth-order valence-electron chi connectivity index (χ4n) is 3.11. The number of benzene rings is 1. The van der Waals surface area contributed by atoms with Crippen molar-refractivity contribution in [1.82, 2.24) is 4.98 Å². The molecule has 0 aliphatic heterocycles. The third kappa shape index (κ3) is 2.25. The van der Waals surface area contributed by atoms with E-state index in [4.69, 9.17) is 5.11 Å². The van der Waals surface area contributed by atoms with Crippen molar-refractivity contribution in [2.45, 2.75) is 44.9 Å². The van der Waals surface area contributed by atoms with Crippen LogP contribution in [0, 0.1) is 0 Å². The van der Waals surface area contributed by atoms with Gasteiger partial charge in [-0.1, -0.05) is 13.0 Å². The molecule has 0 radical (unpaired) electrons. The Morgan fingerprint density at radius 1 is 1.37 bits per heavy atom. The quantitative estimate of drug-likeness (QED) is 0.882. The summed E-state index contributed by atoms with van der Waals surface area (Å²) < 4.78 is 0. The van der Waals surface area contributed by atoms with Gasteiger partial charge in [-0.25, -0.2) is 0 Å². The second kappa shape index (κ2) is 4.72. The summed E-state index contributed by atoms with van der Waals surface area (Å²) in [7, 11) is 0. The van der Waals surface area contributed by atoms with E-state index in [1.165, 1.54) is 35.0 Å². The van der Waals surface area contributed by atoms with Gasteiger partial charge in [-0.2, -0.15) is 0 Å². The van der Waals surface area contributed by atoms with E-state index in [0.717, 1.165) is 18.4 Å². The number of H-pyrrole nitrogens is 1. The number of carboxylic acid groups (broad SMARTS) is 1. The summed E-state index contributed by atoms with van der Waals surface area (Å²) in [5.41, 5.74) is 5.15. The average Bonchev–Trinajstić information content (AvgIpc) is 2.75. The van der Waals surface area contributed by atoms with E-state index in [1.807, 2.05) is 6.92 Å². The molecule has 19 heavy (non-hydrogen) atoms. The van der Waals surface area contributed by atoms with Crippen LogP contribution in [0.25, 0.3) is 10.9 Å². The molecule has 3 rings (SSSR count). The number of carboxylic acids is 1. The Hall–Kier alpha value is -1.77. The Labute approximate surface area is 112 Å². The molecule has 0 fully saturated rings. The third-order valence-corrected chi connectivity index (χ3v) is 4.17. The molecule has 3 nitrogen and oxygen atoms in total. The zero-order valence-electron chi connectivity index (χ0n) is 11.2. The molecule has 0 spiro atoms. The number of nitrogens with one attached hydrogen (secondary N) is 1. The molecule has 0 saturated heterocycles. The first-order valence-electron chi connectivity index (χ1n) is 7.00. The van der Waals surface area contributed by atoms with Crippen LogP contribution in [0.15, 0.2) is 18.2 Å². The molecule has 1 aromatic carbocycles. The van der Waals surface area contributed by atoms with Crippen LogP contribution in [0.2, 0.25) is 0 Å². The number of aliphatic carboxylic acids is 1. The Balaban J connectivity index is 2.02. The van der Waals surface area contributed by atoms with E-state index in [0.29, 0.717) is 0 Å². The van der Waals surface area contributed by atoms with Crippen molar-refractivity contribution in [2.24, 2.45) is 0 Å². The maximum absolute atomic E-state index is 10.8. The number of aromatic nitrogens is 1. The minimum atomic E-state index is -0.733. The lowest BCUT2D eigenvalue weighted by atomic mass is 9.92. The summed E-state index contributed by atoms with van der Waals surface area (Å²) in [4.78, 5) is 14.3. The largest absolute Gasteiger partial charge is 0.481 e. The SMILES string of the molecule is CC(CC(=O)O)c1ccc2[nH]c3c(c2c1)CCCC3. The Morgan fingerprint density at radius 2 is 2.16 bits per heavy atom. The summed E-state index contributed by atoms with van der Waals surface area (Å²) in [6.07, 6.45) is 5.01. The smallest absolute Gasteiger partial charge is 0.303 e. The van der Waals surface area contributed by atoms with Gasteiger partial charge in [0.1, 0.15) is 0 Å². The van der Waals surface area contributed by atoms with E-state index >= 15 is 0 Å². The highest BCUT2D eigenvalue weighted by atomic mass is 16.4. The molecule has 1 atom stereocenters. The monoisotopic (exact) mass is 257 g/mol. The van der Waals surface area contributed by atoms with E-state index in [1.54, 1.807) is 0 Å². The lowest BCUT2D eigenvalue weighted by Gasteiger charge is -2.12. The fraction of sp³-hybridized carbons (Fsp3) is 0.438. The number of hydrogen-bond donors (Lipinski definition) is 2. The van der Waals surface area contributed by atoms with Crippen LogP contribution in [0.5, 0.6) is 0 Å². The van der Waals surface area contributed by atoms with Gasteiger partial charge in [-0.3, -0.25) is 4.79 Å². The molecule has 1 aliphatic carbocycles. The van der Waals surface area contributed by atoms with Gasteiger partial charge in [-0.05, 0) is 54.9 Å². The molecule has 2 aromatic rings. The normalized spacial score (nSPS) is 16.3. The minimum Gasteiger partial charge on any atom is -0.481 e. The van der Waals surface area contributed by atoms with Crippen molar-refractivity contribution >= 4 is 16.9 Å². The van der Waals surface area contributed by atoms with Crippen molar-refractivity contribution in [1.29, 1.82) is 0 Å². The van der Waals surface area contributed by atoms with Gasteiger partial charge in [-0.15, -0.1) is 0 Å². The van der Waals surface area contributed by atoms with Gasteiger partial charge < -0.3 is 10.1 Å². The Kier molecular flexibility index (Phi) is 3.05. The van der Waals surface area contributed by atoms with Gasteiger partial charge in [0.05, 0.1) is 6.42 Å². The zero-order chi connectivity index (χ0) is 13.4. The van der Waals surface area contributed by atoms with Gasteiger partial charge in [0.2, 0.25) is 0 Å². The van der Waals surface area contributed by atoms with E-state index in [-0.39, 0.29) is 12.3 Å². The fourth-order valence-corrected chi connectivity index (χ4v) is 3.11. The van der Waals surface area contributed by atoms with Crippen molar-refractivity contribution in [3.8, 4) is 0 Å². The number of rotatable bonds is 3. The maximum Gasteiger partial charge on any atom is 0.303 e. The Bertz CT molecular complexity index is 627. The van der Waals surface area contributed by atoms with Crippen molar-refractivity contribution < 1.29 is 9.90 Å². The maximum atomic E-state index is 10.8. The van der Waals surface area contributed by atoms with Crippen molar-refractivity contribution in [2.75, 3.05) is 0 Å². The van der Waals surface area contributed by atoms with Gasteiger partial charge in [0.15, 0.2) is 0 Å². The topological polar surface area (TPSA) is 53.1 Å². The Morgan fingerprint density at radius 3 is 2.95 bits per heavy atom. The molecule has 1 heterocycles. The first-order chi connectivity index (χ1) is 9.15. The summed E-state index contributed by atoms with van der Waals surface area (Å²) in [5.74, 6) is -0.667. The lowest BCUT2D eigenvalue weighted by molar-refractivity contribution is -0.137. The molecule has 0 amide bonds. The first-order valence-corrected chi connectivity index (χ1v) is 7.00. The molecule has 1 unspecified atom stereocenters. The summed E-state index contributed by atoms with van der Waals surface area (Å²) >= 11 is 0. The zero-order valence-corrected chi connectivity index (χ0v) is 11.2. The predicted molar refractivity (Wildman–Crippen MR) is 75.6 cm³/mol. The second-order valence-electron chi connectivity index (χ2n) is 5.59. The average molecular weight is 257 g/mol. The molecule has 1 aliphatic rings. The highest BCUT2D eigenvalue weighted by molar-refractivity contribution is 5.86. The highest BCUT2D eigenvalue weighted by Gasteiger charge is 2.17. The molecular weight excluding hydrogens is 238 g/mol. The van der Waals surface area contributed by atoms with E-state index in [2.05, 4.69) is 23.2 Å². The van der Waals surface area contributed by atoms with Crippen molar-refractivity contribution in [3.05, 3.63) is 35.0 Å². The lowest BCUT2D eigenvalue weighted by Crippen LogP contribution is -2.03. The molecular formula is C16H19NO2. The van der Waals surface area contributed by atoms with E-state index in [9.17, 15) is 4.79 Å².